The highest BCUT2D eigenvalue weighted by atomic mass is 16.6. The van der Waals surface area contributed by atoms with Crippen molar-refractivity contribution in [2.24, 2.45) is 11.8 Å². The molecule has 0 radical (unpaired) electrons. The van der Waals surface area contributed by atoms with Crippen LogP contribution >= 0.6 is 0 Å². The SMILES string of the molecule is CC(C(=O)NN)C(C)n1cnc([N+](=O)[O-])n1. The van der Waals surface area contributed by atoms with E-state index < -0.39 is 16.8 Å². The van der Waals surface area contributed by atoms with Gasteiger partial charge in [-0.05, 0) is 11.8 Å². The summed E-state index contributed by atoms with van der Waals surface area (Å²) in [6.45, 7) is 3.33. The van der Waals surface area contributed by atoms with E-state index >= 15 is 0 Å². The Balaban J connectivity index is 2.83. The Labute approximate surface area is 90.8 Å². The van der Waals surface area contributed by atoms with Crippen molar-refractivity contribution in [2.45, 2.75) is 19.9 Å². The van der Waals surface area contributed by atoms with Crippen molar-refractivity contribution in [2.75, 3.05) is 0 Å². The van der Waals surface area contributed by atoms with E-state index in [2.05, 4.69) is 10.1 Å². The van der Waals surface area contributed by atoms with Crippen LogP contribution in [0.25, 0.3) is 0 Å². The minimum atomic E-state index is -0.698. The highest BCUT2D eigenvalue weighted by Gasteiger charge is 2.25. The molecule has 2 unspecified atom stereocenters. The molecule has 0 aliphatic carbocycles. The normalized spacial score (nSPS) is 14.2. The number of nitrogens with zero attached hydrogens (tertiary/aromatic N) is 4. The van der Waals surface area contributed by atoms with Crippen LogP contribution in [0.2, 0.25) is 0 Å². The third-order valence-electron chi connectivity index (χ3n) is 2.36. The number of amides is 1. The monoisotopic (exact) mass is 228 g/mol. The van der Waals surface area contributed by atoms with Gasteiger partial charge in [0.05, 0.1) is 12.0 Å². The fraction of sp³-hybridized carbons (Fsp3) is 0.571. The van der Waals surface area contributed by atoms with Crippen molar-refractivity contribution in [3.05, 3.63) is 16.4 Å². The Hall–Kier alpha value is -2.03. The fourth-order valence-electron chi connectivity index (χ4n) is 1.13. The smallest absolute Gasteiger partial charge is 0.390 e. The first-order valence-corrected chi connectivity index (χ1v) is 4.53. The molecule has 0 fully saturated rings. The van der Waals surface area contributed by atoms with Gasteiger partial charge in [-0.25, -0.2) is 5.84 Å². The maximum atomic E-state index is 11.2. The number of hydrogen-bond acceptors (Lipinski definition) is 6. The molecule has 2 atom stereocenters. The Morgan fingerprint density at radius 1 is 1.69 bits per heavy atom. The zero-order valence-corrected chi connectivity index (χ0v) is 8.82. The molecule has 0 spiro atoms. The van der Waals surface area contributed by atoms with Gasteiger partial charge in [0.2, 0.25) is 12.2 Å². The molecule has 0 aromatic carbocycles. The van der Waals surface area contributed by atoms with Gasteiger partial charge >= 0.3 is 5.95 Å². The van der Waals surface area contributed by atoms with Crippen molar-refractivity contribution < 1.29 is 9.72 Å². The van der Waals surface area contributed by atoms with E-state index in [9.17, 15) is 14.9 Å². The molecular formula is C7H12N6O3. The molecule has 16 heavy (non-hydrogen) atoms. The lowest BCUT2D eigenvalue weighted by Crippen LogP contribution is -2.37. The number of hydrogen-bond donors (Lipinski definition) is 2. The molecular weight excluding hydrogens is 216 g/mol. The minimum absolute atomic E-state index is 0.370. The van der Waals surface area contributed by atoms with Crippen LogP contribution in [0.15, 0.2) is 6.33 Å². The second kappa shape index (κ2) is 4.66. The molecule has 0 aliphatic rings. The standard InChI is InChI=1S/C7H12N6O3/c1-4(6(14)10-8)5(2)12-3-9-7(11-12)13(15)16/h3-5H,8H2,1-2H3,(H,10,14). The Morgan fingerprint density at radius 3 is 2.75 bits per heavy atom. The maximum absolute atomic E-state index is 11.2. The third kappa shape index (κ3) is 2.31. The molecule has 1 aromatic heterocycles. The number of aromatic nitrogens is 3. The molecule has 0 bridgehead atoms. The van der Waals surface area contributed by atoms with Gasteiger partial charge < -0.3 is 10.1 Å². The predicted octanol–water partition coefficient (Wildman–Crippen LogP) is -0.627. The lowest BCUT2D eigenvalue weighted by atomic mass is 10.0. The van der Waals surface area contributed by atoms with E-state index in [1.807, 2.05) is 5.43 Å². The van der Waals surface area contributed by atoms with E-state index in [1.54, 1.807) is 13.8 Å². The Bertz CT molecular complexity index is 403. The van der Waals surface area contributed by atoms with Crippen LogP contribution < -0.4 is 11.3 Å². The average Bonchev–Trinajstić information content (AvgIpc) is 2.75. The van der Waals surface area contributed by atoms with Crippen LogP contribution in [-0.2, 0) is 4.79 Å². The van der Waals surface area contributed by atoms with Crippen LogP contribution in [0, 0.1) is 16.0 Å². The van der Waals surface area contributed by atoms with Crippen LogP contribution in [-0.4, -0.2) is 25.6 Å². The number of nitro groups is 1. The molecule has 9 heteroatoms. The van der Waals surface area contributed by atoms with Crippen LogP contribution in [0.4, 0.5) is 5.95 Å². The maximum Gasteiger partial charge on any atom is 0.490 e. The van der Waals surface area contributed by atoms with E-state index in [0.717, 1.165) is 0 Å². The summed E-state index contributed by atoms with van der Waals surface area (Å²) in [5.41, 5.74) is 2.01. The van der Waals surface area contributed by atoms with Crippen molar-refractivity contribution in [1.82, 2.24) is 20.2 Å². The van der Waals surface area contributed by atoms with Crippen molar-refractivity contribution in [3.63, 3.8) is 0 Å². The molecule has 3 N–H and O–H groups in total. The minimum Gasteiger partial charge on any atom is -0.390 e. The summed E-state index contributed by atoms with van der Waals surface area (Å²) in [5, 5.41) is 14.0. The quantitative estimate of drug-likeness (QED) is 0.305. The number of nitrogens with two attached hydrogens (primary N) is 1. The van der Waals surface area contributed by atoms with Crippen molar-refractivity contribution >= 4 is 11.9 Å². The van der Waals surface area contributed by atoms with Gasteiger partial charge in [0.25, 0.3) is 0 Å². The summed E-state index contributed by atoms with van der Waals surface area (Å²) >= 11 is 0. The molecule has 0 aliphatic heterocycles. The van der Waals surface area contributed by atoms with Crippen LogP contribution in [0.5, 0.6) is 0 Å². The first-order chi connectivity index (χ1) is 7.47. The van der Waals surface area contributed by atoms with E-state index in [0.29, 0.717) is 0 Å². The van der Waals surface area contributed by atoms with Crippen molar-refractivity contribution in [3.8, 4) is 0 Å². The predicted molar refractivity (Wildman–Crippen MR) is 52.9 cm³/mol. The third-order valence-corrected chi connectivity index (χ3v) is 2.36. The zero-order chi connectivity index (χ0) is 12.3. The zero-order valence-electron chi connectivity index (χ0n) is 8.82. The lowest BCUT2D eigenvalue weighted by molar-refractivity contribution is -0.394. The van der Waals surface area contributed by atoms with Gasteiger partial charge in [0.15, 0.2) is 0 Å². The first-order valence-electron chi connectivity index (χ1n) is 4.53. The number of rotatable bonds is 4. The van der Waals surface area contributed by atoms with Gasteiger partial charge in [0, 0.05) is 5.10 Å². The summed E-state index contributed by atoms with van der Waals surface area (Å²) in [7, 11) is 0. The van der Waals surface area contributed by atoms with E-state index in [1.165, 1.54) is 11.0 Å². The summed E-state index contributed by atoms with van der Waals surface area (Å²) in [4.78, 5) is 24.4. The van der Waals surface area contributed by atoms with E-state index in [4.69, 9.17) is 5.84 Å². The molecule has 1 heterocycles. The van der Waals surface area contributed by atoms with Gasteiger partial charge in [-0.15, -0.1) is 0 Å². The van der Waals surface area contributed by atoms with Gasteiger partial charge in [-0.1, -0.05) is 11.9 Å². The molecule has 9 nitrogen and oxygen atoms in total. The molecule has 1 rings (SSSR count). The highest BCUT2D eigenvalue weighted by Crippen LogP contribution is 2.17. The van der Waals surface area contributed by atoms with Crippen LogP contribution in [0.3, 0.4) is 0 Å². The van der Waals surface area contributed by atoms with Gasteiger partial charge in [0.1, 0.15) is 0 Å². The number of nitrogens with one attached hydrogen (secondary N) is 1. The van der Waals surface area contributed by atoms with Crippen molar-refractivity contribution in [1.29, 1.82) is 0 Å². The Morgan fingerprint density at radius 2 is 2.31 bits per heavy atom. The average molecular weight is 228 g/mol. The first kappa shape index (κ1) is 12.0. The van der Waals surface area contributed by atoms with Crippen LogP contribution in [0.1, 0.15) is 19.9 Å². The number of carbonyl (C=O) groups excluding carboxylic acids is 1. The second-order valence-corrected chi connectivity index (χ2v) is 3.32. The highest BCUT2D eigenvalue weighted by molar-refractivity contribution is 5.78. The molecule has 1 aromatic rings. The number of carbonyl (C=O) groups is 1. The van der Waals surface area contributed by atoms with Gasteiger partial charge in [-0.3, -0.25) is 10.2 Å². The Kier molecular flexibility index (Phi) is 3.51. The topological polar surface area (TPSA) is 129 Å². The molecule has 88 valence electrons. The second-order valence-electron chi connectivity index (χ2n) is 3.32. The molecule has 0 saturated heterocycles. The van der Waals surface area contributed by atoms with E-state index in [-0.39, 0.29) is 11.9 Å². The van der Waals surface area contributed by atoms with Gasteiger partial charge in [-0.2, -0.15) is 4.68 Å². The summed E-state index contributed by atoms with van der Waals surface area (Å²) < 4.78 is 1.26. The largest absolute Gasteiger partial charge is 0.490 e. The number of hydrazine groups is 1. The summed E-state index contributed by atoms with van der Waals surface area (Å²) in [5.74, 6) is 3.66. The summed E-state index contributed by atoms with van der Waals surface area (Å²) in [6, 6.07) is -0.371. The summed E-state index contributed by atoms with van der Waals surface area (Å²) in [6.07, 6.45) is 1.21. The molecule has 0 saturated carbocycles. The molecule has 1 amide bonds. The fourth-order valence-corrected chi connectivity index (χ4v) is 1.13. The lowest BCUT2D eigenvalue weighted by Gasteiger charge is -2.15.